The van der Waals surface area contributed by atoms with Crippen LogP contribution in [0.15, 0.2) is 0 Å². The number of carboxylic acids is 1. The molecule has 0 aliphatic carbocycles. The molecule has 0 bridgehead atoms. The van der Waals surface area contributed by atoms with Crippen LogP contribution in [0.25, 0.3) is 0 Å². The molecule has 0 aromatic heterocycles. The van der Waals surface area contributed by atoms with Gasteiger partial charge in [-0.05, 0) is 24.2 Å². The van der Waals surface area contributed by atoms with E-state index in [0.717, 1.165) is 6.42 Å². The minimum Gasteiger partial charge on any atom is -0.481 e. The maximum absolute atomic E-state index is 12.4. The van der Waals surface area contributed by atoms with Gasteiger partial charge in [-0.2, -0.15) is 0 Å². The van der Waals surface area contributed by atoms with Gasteiger partial charge >= 0.3 is 5.97 Å². The van der Waals surface area contributed by atoms with E-state index in [2.05, 4.69) is 20.8 Å². The molecule has 1 rings (SSSR count). The number of carbonyl (C=O) groups excluding carboxylic acids is 1. The number of hydrogen-bond donors (Lipinski definition) is 1. The van der Waals surface area contributed by atoms with Crippen LogP contribution in [0.2, 0.25) is 0 Å². The molecule has 0 aromatic rings. The lowest BCUT2D eigenvalue weighted by Crippen LogP contribution is -2.41. The molecule has 2 unspecified atom stereocenters. The van der Waals surface area contributed by atoms with Crippen molar-refractivity contribution in [2.75, 3.05) is 13.1 Å². The Hall–Kier alpha value is -1.06. The van der Waals surface area contributed by atoms with Gasteiger partial charge in [0, 0.05) is 19.5 Å². The molecular formula is C16H29NO3. The molecule has 1 amide bonds. The van der Waals surface area contributed by atoms with Crippen molar-refractivity contribution in [3.63, 3.8) is 0 Å². The van der Waals surface area contributed by atoms with E-state index in [1.165, 1.54) is 0 Å². The molecule has 4 heteroatoms. The average molecular weight is 283 g/mol. The second-order valence-electron chi connectivity index (χ2n) is 6.80. The SMILES string of the molecule is CCC(CC(=O)N1CCC(C(=O)O)(C(C)C)C1)C(C)C. The Morgan fingerprint density at radius 2 is 1.85 bits per heavy atom. The highest BCUT2D eigenvalue weighted by atomic mass is 16.4. The van der Waals surface area contributed by atoms with E-state index >= 15 is 0 Å². The number of nitrogens with zero attached hydrogens (tertiary/aromatic N) is 1. The van der Waals surface area contributed by atoms with Gasteiger partial charge in [0.1, 0.15) is 0 Å². The maximum atomic E-state index is 12.4. The lowest BCUT2D eigenvalue weighted by atomic mass is 9.76. The zero-order chi connectivity index (χ0) is 15.5. The first-order valence-electron chi connectivity index (χ1n) is 7.75. The third-order valence-corrected chi connectivity index (χ3v) is 5.09. The first kappa shape index (κ1) is 17.0. The van der Waals surface area contributed by atoms with Gasteiger partial charge in [-0.1, -0.05) is 41.0 Å². The van der Waals surface area contributed by atoms with Crippen LogP contribution in [0.4, 0.5) is 0 Å². The third kappa shape index (κ3) is 3.33. The summed E-state index contributed by atoms with van der Waals surface area (Å²) in [6, 6.07) is 0. The Kier molecular flexibility index (Phi) is 5.60. The molecule has 4 nitrogen and oxygen atoms in total. The smallest absolute Gasteiger partial charge is 0.311 e. The van der Waals surface area contributed by atoms with Crippen molar-refractivity contribution in [1.29, 1.82) is 0 Å². The highest BCUT2D eigenvalue weighted by Gasteiger charge is 2.48. The number of likely N-dealkylation sites (tertiary alicyclic amines) is 1. The molecule has 1 fully saturated rings. The lowest BCUT2D eigenvalue weighted by molar-refractivity contribution is -0.151. The van der Waals surface area contributed by atoms with Gasteiger partial charge < -0.3 is 10.0 Å². The quantitative estimate of drug-likeness (QED) is 0.815. The van der Waals surface area contributed by atoms with Gasteiger partial charge in [-0.15, -0.1) is 0 Å². The summed E-state index contributed by atoms with van der Waals surface area (Å²) in [5, 5.41) is 9.51. The van der Waals surface area contributed by atoms with E-state index in [4.69, 9.17) is 0 Å². The Labute approximate surface area is 122 Å². The van der Waals surface area contributed by atoms with Gasteiger partial charge in [0.25, 0.3) is 0 Å². The summed E-state index contributed by atoms with van der Waals surface area (Å²) in [6.07, 6.45) is 2.11. The molecular weight excluding hydrogens is 254 g/mol. The van der Waals surface area contributed by atoms with Crippen molar-refractivity contribution in [3.8, 4) is 0 Å². The van der Waals surface area contributed by atoms with E-state index < -0.39 is 11.4 Å². The van der Waals surface area contributed by atoms with Gasteiger partial charge in [0.05, 0.1) is 5.41 Å². The van der Waals surface area contributed by atoms with Gasteiger partial charge in [0.2, 0.25) is 5.91 Å². The molecule has 1 heterocycles. The van der Waals surface area contributed by atoms with E-state index in [9.17, 15) is 14.7 Å². The van der Waals surface area contributed by atoms with Crippen LogP contribution in [0.5, 0.6) is 0 Å². The summed E-state index contributed by atoms with van der Waals surface area (Å²) >= 11 is 0. The number of carboxylic acid groups (broad SMARTS) is 1. The van der Waals surface area contributed by atoms with Crippen LogP contribution in [0.1, 0.15) is 53.9 Å². The van der Waals surface area contributed by atoms with Crippen LogP contribution < -0.4 is 0 Å². The van der Waals surface area contributed by atoms with E-state index in [-0.39, 0.29) is 11.8 Å². The van der Waals surface area contributed by atoms with Crippen molar-refractivity contribution in [3.05, 3.63) is 0 Å². The fourth-order valence-corrected chi connectivity index (χ4v) is 3.14. The minimum absolute atomic E-state index is 0.0462. The molecule has 0 saturated carbocycles. The van der Waals surface area contributed by atoms with Crippen molar-refractivity contribution in [2.45, 2.75) is 53.9 Å². The topological polar surface area (TPSA) is 57.6 Å². The second kappa shape index (κ2) is 6.59. The molecule has 1 saturated heterocycles. The Bertz CT molecular complexity index is 365. The molecule has 0 aromatic carbocycles. The number of amides is 1. The minimum atomic E-state index is -0.765. The molecule has 1 N–H and O–H groups in total. The van der Waals surface area contributed by atoms with Crippen LogP contribution in [-0.4, -0.2) is 35.0 Å². The van der Waals surface area contributed by atoms with E-state index in [1.807, 2.05) is 13.8 Å². The van der Waals surface area contributed by atoms with Crippen LogP contribution in [0, 0.1) is 23.2 Å². The predicted molar refractivity (Wildman–Crippen MR) is 79.3 cm³/mol. The summed E-state index contributed by atoms with van der Waals surface area (Å²) in [5.74, 6) is 0.278. The summed E-state index contributed by atoms with van der Waals surface area (Å²) in [7, 11) is 0. The van der Waals surface area contributed by atoms with Crippen molar-refractivity contribution < 1.29 is 14.7 Å². The average Bonchev–Trinajstić information content (AvgIpc) is 2.81. The first-order chi connectivity index (χ1) is 9.24. The molecule has 116 valence electrons. The van der Waals surface area contributed by atoms with Crippen molar-refractivity contribution in [1.82, 2.24) is 4.90 Å². The monoisotopic (exact) mass is 283 g/mol. The number of hydrogen-bond acceptors (Lipinski definition) is 2. The van der Waals surface area contributed by atoms with Crippen molar-refractivity contribution >= 4 is 11.9 Å². The van der Waals surface area contributed by atoms with Crippen molar-refractivity contribution in [2.24, 2.45) is 23.2 Å². The summed E-state index contributed by atoms with van der Waals surface area (Å²) in [4.78, 5) is 25.7. The van der Waals surface area contributed by atoms with Gasteiger partial charge in [0.15, 0.2) is 0 Å². The molecule has 2 atom stereocenters. The summed E-state index contributed by atoms with van der Waals surface area (Å²) < 4.78 is 0. The molecule has 1 aliphatic rings. The Morgan fingerprint density at radius 3 is 2.20 bits per heavy atom. The van der Waals surface area contributed by atoms with E-state index in [0.29, 0.717) is 37.8 Å². The van der Waals surface area contributed by atoms with Crippen LogP contribution in [0.3, 0.4) is 0 Å². The highest BCUT2D eigenvalue weighted by Crippen LogP contribution is 2.38. The first-order valence-corrected chi connectivity index (χ1v) is 7.75. The van der Waals surface area contributed by atoms with Crippen LogP contribution in [-0.2, 0) is 9.59 Å². The summed E-state index contributed by atoms with van der Waals surface area (Å²) in [5.41, 5.74) is -0.755. The molecule has 0 spiro atoms. The third-order valence-electron chi connectivity index (χ3n) is 5.09. The molecule has 20 heavy (non-hydrogen) atoms. The second-order valence-corrected chi connectivity index (χ2v) is 6.80. The normalized spacial score (nSPS) is 24.4. The Balaban J connectivity index is 2.72. The van der Waals surface area contributed by atoms with E-state index in [1.54, 1.807) is 4.90 Å². The number of carbonyl (C=O) groups is 2. The number of aliphatic carboxylic acids is 1. The highest BCUT2D eigenvalue weighted by molar-refractivity contribution is 5.81. The van der Waals surface area contributed by atoms with Crippen LogP contribution >= 0.6 is 0 Å². The summed E-state index contributed by atoms with van der Waals surface area (Å²) in [6.45, 7) is 11.2. The van der Waals surface area contributed by atoms with Gasteiger partial charge in [-0.25, -0.2) is 0 Å². The molecule has 1 aliphatic heterocycles. The largest absolute Gasteiger partial charge is 0.481 e. The fraction of sp³-hybridized carbons (Fsp3) is 0.875. The number of rotatable bonds is 6. The zero-order valence-electron chi connectivity index (χ0n) is 13.5. The Morgan fingerprint density at radius 1 is 1.25 bits per heavy atom. The molecule has 0 radical (unpaired) electrons. The van der Waals surface area contributed by atoms with Gasteiger partial charge in [-0.3, -0.25) is 9.59 Å². The maximum Gasteiger partial charge on any atom is 0.311 e. The standard InChI is InChI=1S/C16H29NO3/c1-6-13(11(2)3)9-14(18)17-8-7-16(10-17,12(4)5)15(19)20/h11-13H,6-10H2,1-5H3,(H,19,20). The zero-order valence-corrected chi connectivity index (χ0v) is 13.5. The lowest BCUT2D eigenvalue weighted by Gasteiger charge is -2.29. The fourth-order valence-electron chi connectivity index (χ4n) is 3.14. The predicted octanol–water partition coefficient (Wildman–Crippen LogP) is 3.02.